The van der Waals surface area contributed by atoms with Crippen molar-refractivity contribution in [3.63, 3.8) is 0 Å². The second-order valence-corrected chi connectivity index (χ2v) is 10.8. The summed E-state index contributed by atoms with van der Waals surface area (Å²) in [7, 11) is 0. The molecule has 1 aliphatic heterocycles. The average molecular weight is 600 g/mol. The fraction of sp³-hybridized carbons (Fsp3) is 0.318. The van der Waals surface area contributed by atoms with E-state index in [1.807, 2.05) is 0 Å². The molecule has 4 atom stereocenters. The Hall–Kier alpha value is -2.30. The Morgan fingerprint density at radius 3 is 2.12 bits per heavy atom. The number of nitro benzene ring substituents is 1. The summed E-state index contributed by atoms with van der Waals surface area (Å²) in [5.74, 6) is -2.89. The van der Waals surface area contributed by atoms with E-state index in [0.717, 1.165) is 10.0 Å². The maximum absolute atomic E-state index is 13.6. The Morgan fingerprint density at radius 2 is 1.58 bits per heavy atom. The highest BCUT2D eigenvalue weighted by atomic mass is 79.9. The van der Waals surface area contributed by atoms with Gasteiger partial charge in [-0.25, -0.2) is 5.01 Å². The Labute approximate surface area is 211 Å². The van der Waals surface area contributed by atoms with Crippen LogP contribution >= 0.6 is 43.5 Å². The lowest BCUT2D eigenvalue weighted by molar-refractivity contribution is -0.385. The van der Waals surface area contributed by atoms with Crippen molar-refractivity contribution in [3.8, 4) is 0 Å². The molecule has 11 heteroatoms. The van der Waals surface area contributed by atoms with Crippen LogP contribution in [0.3, 0.4) is 0 Å². The van der Waals surface area contributed by atoms with Crippen LogP contribution in [0.2, 0.25) is 5.02 Å². The molecule has 1 aliphatic carbocycles. The number of hydrogen-bond acceptors (Lipinski definition) is 5. The van der Waals surface area contributed by atoms with Gasteiger partial charge in [0.1, 0.15) is 5.56 Å². The molecule has 8 nitrogen and oxygen atoms in total. The zero-order chi connectivity index (χ0) is 23.9. The normalized spacial score (nSPS) is 24.5. The monoisotopic (exact) mass is 597 g/mol. The van der Waals surface area contributed by atoms with E-state index >= 15 is 0 Å². The quantitative estimate of drug-likeness (QED) is 0.214. The fourth-order valence-corrected chi connectivity index (χ4v) is 5.63. The van der Waals surface area contributed by atoms with E-state index < -0.39 is 40.2 Å². The molecule has 172 valence electrons. The van der Waals surface area contributed by atoms with Crippen LogP contribution in [-0.4, -0.2) is 42.3 Å². The largest absolute Gasteiger partial charge is 0.282 e. The van der Waals surface area contributed by atoms with Gasteiger partial charge in [-0.2, -0.15) is 5.01 Å². The highest BCUT2D eigenvalue weighted by molar-refractivity contribution is 9.12. The van der Waals surface area contributed by atoms with Crippen LogP contribution in [0.25, 0.3) is 0 Å². The molecular weight excluding hydrogens is 582 g/mol. The zero-order valence-electron chi connectivity index (χ0n) is 17.1. The maximum atomic E-state index is 13.6. The van der Waals surface area contributed by atoms with Crippen LogP contribution in [0.4, 0.5) is 5.69 Å². The molecule has 1 saturated heterocycles. The Morgan fingerprint density at radius 1 is 1.03 bits per heavy atom. The molecule has 2 aromatic rings. The summed E-state index contributed by atoms with van der Waals surface area (Å²) in [6.07, 6.45) is 0.881. The minimum Gasteiger partial charge on any atom is -0.272 e. The molecular formula is C22H18Br2ClN3O5. The molecule has 2 fully saturated rings. The molecule has 0 N–H and O–H groups in total. The van der Waals surface area contributed by atoms with Gasteiger partial charge < -0.3 is 0 Å². The van der Waals surface area contributed by atoms with Crippen LogP contribution in [0.15, 0.2) is 48.5 Å². The van der Waals surface area contributed by atoms with Crippen LogP contribution in [0.1, 0.15) is 28.8 Å². The Balaban J connectivity index is 1.76. The first-order valence-corrected chi connectivity index (χ1v) is 12.4. The van der Waals surface area contributed by atoms with Crippen molar-refractivity contribution >= 4 is 66.9 Å². The van der Waals surface area contributed by atoms with Crippen molar-refractivity contribution in [2.75, 3.05) is 0 Å². The van der Waals surface area contributed by atoms with Crippen molar-refractivity contribution < 1.29 is 19.3 Å². The number of halogens is 3. The number of nitrogens with zero attached hydrogens (tertiary/aromatic N) is 3. The predicted molar refractivity (Wildman–Crippen MR) is 128 cm³/mol. The maximum Gasteiger partial charge on any atom is 0.282 e. The minimum atomic E-state index is -0.802. The molecule has 0 aromatic heterocycles. The molecule has 0 bridgehead atoms. The number of hydrogen-bond donors (Lipinski definition) is 0. The predicted octanol–water partition coefficient (Wildman–Crippen LogP) is 4.73. The summed E-state index contributed by atoms with van der Waals surface area (Å²) < 4.78 is 0. The lowest BCUT2D eigenvalue weighted by Crippen LogP contribution is -2.50. The molecule has 4 rings (SSSR count). The summed E-state index contributed by atoms with van der Waals surface area (Å²) in [5, 5.41) is 13.9. The van der Waals surface area contributed by atoms with Crippen molar-refractivity contribution in [2.24, 2.45) is 11.8 Å². The number of benzene rings is 2. The summed E-state index contributed by atoms with van der Waals surface area (Å²) in [5.41, 5.74) is 0.00313. The third-order valence-corrected chi connectivity index (χ3v) is 8.93. The van der Waals surface area contributed by atoms with Gasteiger partial charge in [-0.1, -0.05) is 67.7 Å². The van der Waals surface area contributed by atoms with Crippen molar-refractivity contribution in [1.29, 1.82) is 0 Å². The van der Waals surface area contributed by atoms with Gasteiger partial charge in [0.05, 0.1) is 23.3 Å². The van der Waals surface area contributed by atoms with Gasteiger partial charge in [0.2, 0.25) is 0 Å². The highest BCUT2D eigenvalue weighted by Crippen LogP contribution is 2.44. The number of rotatable bonds is 5. The Kier molecular flexibility index (Phi) is 6.88. The van der Waals surface area contributed by atoms with E-state index in [1.54, 1.807) is 24.3 Å². The second-order valence-electron chi connectivity index (χ2n) is 7.97. The summed E-state index contributed by atoms with van der Waals surface area (Å²) >= 11 is 13.1. The van der Waals surface area contributed by atoms with Gasteiger partial charge in [0.15, 0.2) is 0 Å². The first-order chi connectivity index (χ1) is 15.7. The fourth-order valence-electron chi connectivity index (χ4n) is 4.26. The number of nitro groups is 1. The lowest BCUT2D eigenvalue weighted by Gasteiger charge is -2.30. The van der Waals surface area contributed by atoms with Crippen LogP contribution in [0.5, 0.6) is 0 Å². The van der Waals surface area contributed by atoms with Gasteiger partial charge >= 0.3 is 0 Å². The highest BCUT2D eigenvalue weighted by Gasteiger charge is 2.54. The number of para-hydroxylation sites is 1. The molecule has 2 aliphatic rings. The standard InChI is InChI=1S/C22H18Br2ClN3O5/c23-17-9-15-16(10-18(17)24)22(31)27(21(15)30)26(11-12-5-7-13(25)8-6-12)20(29)14-3-1-2-4-19(14)28(32)33/h1-8,15-18H,9-11H2/t15-,16+,17+,18-. The van der Waals surface area contributed by atoms with E-state index in [9.17, 15) is 24.5 Å². The molecule has 3 amide bonds. The van der Waals surface area contributed by atoms with Crippen LogP contribution < -0.4 is 0 Å². The van der Waals surface area contributed by atoms with Gasteiger partial charge in [-0.15, -0.1) is 0 Å². The summed E-state index contributed by atoms with van der Waals surface area (Å²) in [6, 6.07) is 12.1. The van der Waals surface area contributed by atoms with E-state index in [0.29, 0.717) is 23.4 Å². The van der Waals surface area contributed by atoms with E-state index in [1.165, 1.54) is 24.3 Å². The number of fused-ring (bicyclic) bond motifs is 1. The number of amides is 3. The molecule has 0 unspecified atom stereocenters. The van der Waals surface area contributed by atoms with Crippen molar-refractivity contribution in [1.82, 2.24) is 10.0 Å². The SMILES string of the molecule is O=C(c1ccccc1[N+](=O)[O-])N(Cc1ccc(Cl)cc1)N1C(=O)[C@H]2C[C@@H](Br)[C@@H](Br)C[C@H]2C1=O. The topological polar surface area (TPSA) is 101 Å². The van der Waals surface area contributed by atoms with E-state index in [4.69, 9.17) is 11.6 Å². The third-order valence-electron chi connectivity index (χ3n) is 5.94. The molecule has 1 saturated carbocycles. The van der Waals surface area contributed by atoms with Gasteiger partial charge in [-0.05, 0) is 36.6 Å². The number of hydrazine groups is 1. The number of carbonyl (C=O) groups is 3. The number of carbonyl (C=O) groups excluding carboxylic acids is 3. The number of imide groups is 1. The molecule has 0 radical (unpaired) electrons. The van der Waals surface area contributed by atoms with Gasteiger partial charge in [0, 0.05) is 20.7 Å². The molecule has 0 spiro atoms. The number of alkyl halides is 2. The molecule has 1 heterocycles. The summed E-state index contributed by atoms with van der Waals surface area (Å²) in [6.45, 7) is -0.131. The van der Waals surface area contributed by atoms with Crippen molar-refractivity contribution in [2.45, 2.75) is 29.0 Å². The molecule has 2 aromatic carbocycles. The first-order valence-electron chi connectivity index (χ1n) is 10.1. The van der Waals surface area contributed by atoms with E-state index in [2.05, 4.69) is 31.9 Å². The van der Waals surface area contributed by atoms with Crippen LogP contribution in [0, 0.1) is 22.0 Å². The van der Waals surface area contributed by atoms with Crippen molar-refractivity contribution in [3.05, 3.63) is 74.8 Å². The second kappa shape index (κ2) is 9.52. The lowest BCUT2D eigenvalue weighted by atomic mass is 9.81. The smallest absolute Gasteiger partial charge is 0.272 e. The zero-order valence-corrected chi connectivity index (χ0v) is 21.0. The third kappa shape index (κ3) is 4.56. The van der Waals surface area contributed by atoms with Gasteiger partial charge in [0.25, 0.3) is 23.4 Å². The van der Waals surface area contributed by atoms with Gasteiger partial charge in [-0.3, -0.25) is 24.5 Å². The molecule has 33 heavy (non-hydrogen) atoms. The summed E-state index contributed by atoms with van der Waals surface area (Å²) in [4.78, 5) is 51.2. The Bertz CT molecular complexity index is 1100. The first kappa shape index (κ1) is 23.8. The minimum absolute atomic E-state index is 0.00563. The average Bonchev–Trinajstić information content (AvgIpc) is 3.02. The van der Waals surface area contributed by atoms with Crippen LogP contribution in [-0.2, 0) is 16.1 Å². The van der Waals surface area contributed by atoms with E-state index in [-0.39, 0.29) is 21.8 Å².